The van der Waals surface area contributed by atoms with Gasteiger partial charge < -0.3 is 5.32 Å². The highest BCUT2D eigenvalue weighted by molar-refractivity contribution is 7.99. The van der Waals surface area contributed by atoms with E-state index in [1.165, 1.54) is 6.07 Å². The van der Waals surface area contributed by atoms with E-state index in [2.05, 4.69) is 22.6 Å². The first kappa shape index (κ1) is 15.0. The summed E-state index contributed by atoms with van der Waals surface area (Å²) in [6.07, 6.45) is 2.84. The van der Waals surface area contributed by atoms with Gasteiger partial charge in [-0.25, -0.2) is 4.39 Å². The molecule has 0 saturated carbocycles. The Kier molecular flexibility index (Phi) is 5.55. The number of thioether (sulfide) groups is 1. The summed E-state index contributed by atoms with van der Waals surface area (Å²) in [6.45, 7) is 3.06. The number of hydrogen-bond donors (Lipinski definition) is 1. The number of aromatic nitrogens is 3. The molecule has 1 heterocycles. The van der Waals surface area contributed by atoms with E-state index in [-0.39, 0.29) is 11.9 Å². The van der Waals surface area contributed by atoms with Gasteiger partial charge in [-0.3, -0.25) is 4.68 Å². The van der Waals surface area contributed by atoms with E-state index in [9.17, 15) is 4.39 Å². The summed E-state index contributed by atoms with van der Waals surface area (Å²) in [5, 5.41) is 11.4. The van der Waals surface area contributed by atoms with E-state index < -0.39 is 0 Å². The standard InChI is InChI=1S/C14H19FN4S/c1-3-7-16-13(14-9-17-18-19(14)2)10-20-12-6-4-5-11(15)8-12/h4-6,8-9,13,16H,3,7,10H2,1-2H3. The smallest absolute Gasteiger partial charge is 0.124 e. The van der Waals surface area contributed by atoms with Crippen molar-refractivity contribution in [3.63, 3.8) is 0 Å². The second-order valence-corrected chi connectivity index (χ2v) is 5.65. The highest BCUT2D eigenvalue weighted by Gasteiger charge is 2.15. The lowest BCUT2D eigenvalue weighted by Gasteiger charge is -2.17. The average Bonchev–Trinajstić information content (AvgIpc) is 2.85. The third-order valence-electron chi connectivity index (χ3n) is 2.96. The van der Waals surface area contributed by atoms with Gasteiger partial charge in [0.1, 0.15) is 5.82 Å². The Hall–Kier alpha value is -1.40. The Morgan fingerprint density at radius 3 is 2.95 bits per heavy atom. The van der Waals surface area contributed by atoms with E-state index >= 15 is 0 Å². The summed E-state index contributed by atoms with van der Waals surface area (Å²) in [7, 11) is 1.88. The topological polar surface area (TPSA) is 42.7 Å². The lowest BCUT2D eigenvalue weighted by molar-refractivity contribution is 0.532. The second kappa shape index (κ2) is 7.40. The predicted molar refractivity (Wildman–Crippen MR) is 79.2 cm³/mol. The normalized spacial score (nSPS) is 12.6. The maximum Gasteiger partial charge on any atom is 0.124 e. The van der Waals surface area contributed by atoms with Gasteiger partial charge in [-0.1, -0.05) is 18.2 Å². The zero-order chi connectivity index (χ0) is 14.4. The van der Waals surface area contributed by atoms with Gasteiger partial charge in [0.25, 0.3) is 0 Å². The van der Waals surface area contributed by atoms with Crippen LogP contribution in [-0.2, 0) is 7.05 Å². The number of benzene rings is 1. The molecule has 1 unspecified atom stereocenters. The molecule has 0 amide bonds. The Balaban J connectivity index is 2.03. The third-order valence-corrected chi connectivity index (χ3v) is 4.05. The summed E-state index contributed by atoms with van der Waals surface area (Å²) in [4.78, 5) is 0.934. The summed E-state index contributed by atoms with van der Waals surface area (Å²) in [5.74, 6) is 0.611. The van der Waals surface area contributed by atoms with Crippen LogP contribution in [0.1, 0.15) is 25.1 Å². The number of hydrogen-bond acceptors (Lipinski definition) is 4. The first-order chi connectivity index (χ1) is 9.70. The predicted octanol–water partition coefficient (Wildman–Crippen LogP) is 2.79. The van der Waals surface area contributed by atoms with Crippen LogP contribution in [0.25, 0.3) is 0 Å². The number of halogens is 1. The summed E-state index contributed by atoms with van der Waals surface area (Å²) < 4.78 is 15.0. The zero-order valence-electron chi connectivity index (χ0n) is 11.7. The van der Waals surface area contributed by atoms with Crippen molar-refractivity contribution < 1.29 is 4.39 Å². The molecule has 1 aromatic carbocycles. The monoisotopic (exact) mass is 294 g/mol. The molecule has 0 radical (unpaired) electrons. The molecule has 1 atom stereocenters. The molecule has 20 heavy (non-hydrogen) atoms. The Bertz CT molecular complexity index is 543. The quantitative estimate of drug-likeness (QED) is 0.797. The molecule has 0 bridgehead atoms. The van der Waals surface area contributed by atoms with Crippen LogP contribution in [0, 0.1) is 5.82 Å². The van der Waals surface area contributed by atoms with Crippen molar-refractivity contribution in [2.45, 2.75) is 24.3 Å². The molecular formula is C14H19FN4S. The van der Waals surface area contributed by atoms with Gasteiger partial charge in [-0.05, 0) is 31.2 Å². The van der Waals surface area contributed by atoms with Crippen LogP contribution in [0.4, 0.5) is 4.39 Å². The first-order valence-corrected chi connectivity index (χ1v) is 7.65. The number of nitrogens with zero attached hydrogens (tertiary/aromatic N) is 3. The molecule has 4 nitrogen and oxygen atoms in total. The molecule has 0 fully saturated rings. The van der Waals surface area contributed by atoms with Crippen LogP contribution in [-0.4, -0.2) is 27.3 Å². The van der Waals surface area contributed by atoms with Crippen molar-refractivity contribution in [3.8, 4) is 0 Å². The lowest BCUT2D eigenvalue weighted by Crippen LogP contribution is -2.26. The van der Waals surface area contributed by atoms with Crippen LogP contribution in [0.3, 0.4) is 0 Å². The van der Waals surface area contributed by atoms with Gasteiger partial charge in [-0.15, -0.1) is 16.9 Å². The summed E-state index contributed by atoms with van der Waals surface area (Å²) >= 11 is 1.63. The fourth-order valence-corrected chi connectivity index (χ4v) is 2.94. The van der Waals surface area contributed by atoms with Crippen molar-refractivity contribution in [2.24, 2.45) is 7.05 Å². The van der Waals surface area contributed by atoms with Crippen LogP contribution in [0.15, 0.2) is 35.4 Å². The molecule has 1 aromatic heterocycles. The van der Waals surface area contributed by atoms with Crippen LogP contribution >= 0.6 is 11.8 Å². The van der Waals surface area contributed by atoms with Crippen molar-refractivity contribution in [3.05, 3.63) is 42.0 Å². The van der Waals surface area contributed by atoms with Gasteiger partial charge >= 0.3 is 0 Å². The first-order valence-electron chi connectivity index (χ1n) is 6.67. The number of aryl methyl sites for hydroxylation is 1. The van der Waals surface area contributed by atoms with Crippen molar-refractivity contribution >= 4 is 11.8 Å². The van der Waals surface area contributed by atoms with Crippen LogP contribution in [0.5, 0.6) is 0 Å². The number of rotatable bonds is 7. The van der Waals surface area contributed by atoms with Crippen LogP contribution < -0.4 is 5.32 Å². The number of nitrogens with one attached hydrogen (secondary N) is 1. The van der Waals surface area contributed by atoms with E-state index in [1.54, 1.807) is 34.8 Å². The molecule has 2 aromatic rings. The molecule has 0 spiro atoms. The third kappa shape index (κ3) is 4.05. The molecular weight excluding hydrogens is 275 g/mol. The second-order valence-electron chi connectivity index (χ2n) is 4.56. The minimum absolute atomic E-state index is 0.156. The van der Waals surface area contributed by atoms with Crippen molar-refractivity contribution in [2.75, 3.05) is 12.3 Å². The maximum atomic E-state index is 13.2. The van der Waals surface area contributed by atoms with E-state index in [1.807, 2.05) is 13.1 Å². The fourth-order valence-electron chi connectivity index (χ4n) is 1.92. The summed E-state index contributed by atoms with van der Waals surface area (Å²) in [6, 6.07) is 6.83. The SMILES string of the molecule is CCCNC(CSc1cccc(F)c1)c1cnnn1C. The van der Waals surface area contributed by atoms with E-state index in [4.69, 9.17) is 0 Å². The van der Waals surface area contributed by atoms with E-state index in [0.717, 1.165) is 29.3 Å². The molecule has 6 heteroatoms. The molecule has 0 aliphatic carbocycles. The van der Waals surface area contributed by atoms with Crippen molar-refractivity contribution in [1.29, 1.82) is 0 Å². The Labute approximate surface area is 122 Å². The summed E-state index contributed by atoms with van der Waals surface area (Å²) in [5.41, 5.74) is 1.04. The molecule has 0 aliphatic heterocycles. The maximum absolute atomic E-state index is 13.2. The molecule has 0 aliphatic rings. The Morgan fingerprint density at radius 1 is 1.45 bits per heavy atom. The zero-order valence-corrected chi connectivity index (χ0v) is 12.5. The largest absolute Gasteiger partial charge is 0.308 e. The minimum Gasteiger partial charge on any atom is -0.308 e. The Morgan fingerprint density at radius 2 is 2.30 bits per heavy atom. The minimum atomic E-state index is -0.199. The van der Waals surface area contributed by atoms with Gasteiger partial charge in [0.05, 0.1) is 17.9 Å². The van der Waals surface area contributed by atoms with Gasteiger partial charge in [-0.2, -0.15) is 0 Å². The lowest BCUT2D eigenvalue weighted by atomic mass is 10.2. The van der Waals surface area contributed by atoms with Crippen LogP contribution in [0.2, 0.25) is 0 Å². The van der Waals surface area contributed by atoms with Gasteiger partial charge in [0.2, 0.25) is 0 Å². The van der Waals surface area contributed by atoms with Gasteiger partial charge in [0, 0.05) is 17.7 Å². The van der Waals surface area contributed by atoms with Gasteiger partial charge in [0.15, 0.2) is 0 Å². The average molecular weight is 294 g/mol. The molecule has 108 valence electrons. The van der Waals surface area contributed by atoms with Crippen molar-refractivity contribution in [1.82, 2.24) is 20.3 Å². The molecule has 0 saturated heterocycles. The highest BCUT2D eigenvalue weighted by atomic mass is 32.2. The fraction of sp³-hybridized carbons (Fsp3) is 0.429. The molecule has 2 rings (SSSR count). The highest BCUT2D eigenvalue weighted by Crippen LogP contribution is 2.24. The van der Waals surface area contributed by atoms with E-state index in [0.29, 0.717) is 0 Å². The molecule has 1 N–H and O–H groups in total.